The Morgan fingerprint density at radius 3 is 2.45 bits per heavy atom. The maximum atomic E-state index is 6.06. The lowest BCUT2D eigenvalue weighted by atomic mass is 10.1. The molecule has 7 heteroatoms. The third-order valence-corrected chi connectivity index (χ3v) is 5.28. The molecule has 1 N–H and O–H groups in total. The fourth-order valence-electron chi connectivity index (χ4n) is 3.26. The number of nitrogens with one attached hydrogen (secondary N) is 1. The molecule has 164 valence electrons. The summed E-state index contributed by atoms with van der Waals surface area (Å²) in [6, 6.07) is 20.2. The smallest absolute Gasteiger partial charge is 0.231 e. The molecule has 0 unspecified atom stereocenters. The summed E-state index contributed by atoms with van der Waals surface area (Å²) in [6.07, 6.45) is 0. The van der Waals surface area contributed by atoms with E-state index in [0.29, 0.717) is 26.6 Å². The van der Waals surface area contributed by atoms with Crippen molar-refractivity contribution in [2.24, 2.45) is 0 Å². The zero-order chi connectivity index (χ0) is 20.8. The van der Waals surface area contributed by atoms with Gasteiger partial charge in [0.15, 0.2) is 23.0 Å². The molecule has 0 radical (unpaired) electrons. The van der Waals surface area contributed by atoms with Gasteiger partial charge in [-0.25, -0.2) is 0 Å². The molecular weight excluding hydrogens is 482 g/mol. The Bertz CT molecular complexity index is 1000. The van der Waals surface area contributed by atoms with Crippen LogP contribution in [0.25, 0.3) is 0 Å². The Morgan fingerprint density at radius 1 is 0.871 bits per heavy atom. The van der Waals surface area contributed by atoms with Gasteiger partial charge in [0.25, 0.3) is 0 Å². The Morgan fingerprint density at radius 2 is 1.65 bits per heavy atom. The molecule has 0 bridgehead atoms. The maximum Gasteiger partial charge on any atom is 0.231 e. The number of hydrogen-bond donors (Lipinski definition) is 1. The van der Waals surface area contributed by atoms with Crippen LogP contribution >= 0.6 is 28.3 Å². The molecule has 0 saturated heterocycles. The van der Waals surface area contributed by atoms with Crippen molar-refractivity contribution in [1.29, 1.82) is 0 Å². The van der Waals surface area contributed by atoms with Crippen molar-refractivity contribution < 1.29 is 18.9 Å². The third-order valence-electron chi connectivity index (χ3n) is 4.69. The quantitative estimate of drug-likeness (QED) is 0.393. The van der Waals surface area contributed by atoms with Crippen LogP contribution in [0.2, 0.25) is 0 Å². The first-order chi connectivity index (χ1) is 14.7. The van der Waals surface area contributed by atoms with E-state index in [0.717, 1.165) is 50.7 Å². The fourth-order valence-corrected chi connectivity index (χ4v) is 3.86. The van der Waals surface area contributed by atoms with E-state index in [1.807, 2.05) is 61.5 Å². The first-order valence-corrected chi connectivity index (χ1v) is 10.7. The summed E-state index contributed by atoms with van der Waals surface area (Å²) in [4.78, 5) is 0. The van der Waals surface area contributed by atoms with Gasteiger partial charge in [-0.2, -0.15) is 0 Å². The molecule has 0 aliphatic carbocycles. The molecule has 1 aliphatic heterocycles. The van der Waals surface area contributed by atoms with Crippen molar-refractivity contribution in [3.63, 3.8) is 0 Å². The van der Waals surface area contributed by atoms with Gasteiger partial charge >= 0.3 is 0 Å². The van der Waals surface area contributed by atoms with Crippen molar-refractivity contribution in [2.75, 3.05) is 13.4 Å². The minimum atomic E-state index is 0. The standard InChI is InChI=1S/C24H24BrNO4.ClH/c1-2-27-23-12-19(10-20(25)24(23)28-15-17-6-4-3-5-7-17)14-26-13-18-8-9-21-22(11-18)30-16-29-21;/h3-12,26H,2,13-16H2,1H3;1H. The maximum absolute atomic E-state index is 6.06. The molecule has 4 rings (SSSR count). The van der Waals surface area contributed by atoms with E-state index in [-0.39, 0.29) is 12.4 Å². The summed E-state index contributed by atoms with van der Waals surface area (Å²) in [5.74, 6) is 3.06. The molecule has 31 heavy (non-hydrogen) atoms. The number of benzene rings is 3. The van der Waals surface area contributed by atoms with E-state index in [1.165, 1.54) is 0 Å². The average molecular weight is 507 g/mol. The van der Waals surface area contributed by atoms with E-state index >= 15 is 0 Å². The van der Waals surface area contributed by atoms with Crippen LogP contribution in [0.1, 0.15) is 23.6 Å². The second-order valence-corrected chi connectivity index (χ2v) is 7.76. The van der Waals surface area contributed by atoms with Gasteiger partial charge in [-0.3, -0.25) is 0 Å². The Labute approximate surface area is 197 Å². The van der Waals surface area contributed by atoms with Gasteiger partial charge in [0.05, 0.1) is 11.1 Å². The Hall–Kier alpha value is -2.41. The van der Waals surface area contributed by atoms with Crippen molar-refractivity contribution in [2.45, 2.75) is 26.6 Å². The van der Waals surface area contributed by atoms with Crippen LogP contribution in [0, 0.1) is 0 Å². The van der Waals surface area contributed by atoms with Gasteiger partial charge in [-0.15, -0.1) is 12.4 Å². The van der Waals surface area contributed by atoms with Crippen LogP contribution in [0.4, 0.5) is 0 Å². The van der Waals surface area contributed by atoms with Crippen molar-refractivity contribution in [1.82, 2.24) is 5.32 Å². The minimum Gasteiger partial charge on any atom is -0.490 e. The summed E-state index contributed by atoms with van der Waals surface area (Å²) in [6.45, 7) is 4.75. The predicted octanol–water partition coefficient (Wildman–Crippen LogP) is 5.87. The van der Waals surface area contributed by atoms with Crippen LogP contribution in [0.5, 0.6) is 23.0 Å². The number of fused-ring (bicyclic) bond motifs is 1. The van der Waals surface area contributed by atoms with E-state index < -0.39 is 0 Å². The number of hydrogen-bond acceptors (Lipinski definition) is 5. The van der Waals surface area contributed by atoms with E-state index in [1.54, 1.807) is 0 Å². The Balaban J connectivity index is 0.00000272. The third kappa shape index (κ3) is 6.06. The van der Waals surface area contributed by atoms with E-state index in [4.69, 9.17) is 18.9 Å². The van der Waals surface area contributed by atoms with E-state index in [2.05, 4.69) is 27.3 Å². The zero-order valence-corrected chi connectivity index (χ0v) is 19.6. The molecular formula is C24H25BrClNO4. The highest BCUT2D eigenvalue weighted by atomic mass is 79.9. The topological polar surface area (TPSA) is 49.0 Å². The fraction of sp³-hybridized carbons (Fsp3) is 0.250. The highest BCUT2D eigenvalue weighted by Crippen LogP contribution is 2.37. The largest absolute Gasteiger partial charge is 0.490 e. The lowest BCUT2D eigenvalue weighted by Crippen LogP contribution is -2.13. The lowest BCUT2D eigenvalue weighted by Gasteiger charge is -2.16. The summed E-state index contributed by atoms with van der Waals surface area (Å²) in [5, 5.41) is 3.47. The normalized spacial score (nSPS) is 11.7. The Kier molecular flexibility index (Phi) is 8.46. The van der Waals surface area contributed by atoms with E-state index in [9.17, 15) is 0 Å². The zero-order valence-electron chi connectivity index (χ0n) is 17.2. The van der Waals surface area contributed by atoms with Crippen molar-refractivity contribution >= 4 is 28.3 Å². The monoisotopic (exact) mass is 505 g/mol. The van der Waals surface area contributed by atoms with Crippen LogP contribution in [-0.2, 0) is 19.7 Å². The second-order valence-electron chi connectivity index (χ2n) is 6.90. The number of ether oxygens (including phenoxy) is 4. The molecule has 0 fully saturated rings. The number of halogens is 2. The molecule has 1 aliphatic rings. The average Bonchev–Trinajstić information content (AvgIpc) is 3.22. The summed E-state index contributed by atoms with van der Waals surface area (Å²) < 4.78 is 23.6. The second kappa shape index (κ2) is 11.3. The first kappa shape index (κ1) is 23.3. The van der Waals surface area contributed by atoms with Crippen LogP contribution < -0.4 is 24.3 Å². The molecule has 0 saturated carbocycles. The van der Waals surface area contributed by atoms with Crippen LogP contribution in [-0.4, -0.2) is 13.4 Å². The predicted molar refractivity (Wildman–Crippen MR) is 126 cm³/mol. The molecule has 0 amide bonds. The van der Waals surface area contributed by atoms with Gasteiger partial charge in [0, 0.05) is 13.1 Å². The minimum absolute atomic E-state index is 0. The molecule has 0 aromatic heterocycles. The van der Waals surface area contributed by atoms with Crippen LogP contribution in [0.15, 0.2) is 65.1 Å². The van der Waals surface area contributed by atoms with Crippen molar-refractivity contribution in [3.05, 3.63) is 81.8 Å². The number of rotatable bonds is 9. The van der Waals surface area contributed by atoms with Gasteiger partial charge in [-0.1, -0.05) is 36.4 Å². The summed E-state index contributed by atoms with van der Waals surface area (Å²) in [7, 11) is 0. The molecule has 5 nitrogen and oxygen atoms in total. The highest BCUT2D eigenvalue weighted by Gasteiger charge is 2.14. The first-order valence-electron chi connectivity index (χ1n) is 9.94. The highest BCUT2D eigenvalue weighted by molar-refractivity contribution is 9.10. The van der Waals surface area contributed by atoms with Crippen LogP contribution in [0.3, 0.4) is 0 Å². The molecule has 0 spiro atoms. The molecule has 0 atom stereocenters. The molecule has 1 heterocycles. The summed E-state index contributed by atoms with van der Waals surface area (Å²) in [5.41, 5.74) is 3.37. The van der Waals surface area contributed by atoms with Gasteiger partial charge in [0.1, 0.15) is 6.61 Å². The molecule has 3 aromatic rings. The molecule has 3 aromatic carbocycles. The SMILES string of the molecule is CCOc1cc(CNCc2ccc3c(c2)OCO3)cc(Br)c1OCc1ccccc1.Cl. The van der Waals surface area contributed by atoms with Gasteiger partial charge in [0.2, 0.25) is 6.79 Å². The summed E-state index contributed by atoms with van der Waals surface area (Å²) >= 11 is 3.65. The van der Waals surface area contributed by atoms with Gasteiger partial charge < -0.3 is 24.3 Å². The van der Waals surface area contributed by atoms with Crippen molar-refractivity contribution in [3.8, 4) is 23.0 Å². The lowest BCUT2D eigenvalue weighted by molar-refractivity contribution is 0.174. The van der Waals surface area contributed by atoms with Gasteiger partial charge in [-0.05, 0) is 63.8 Å².